The Morgan fingerprint density at radius 1 is 1.50 bits per heavy atom. The predicted molar refractivity (Wildman–Crippen MR) is 53.6 cm³/mol. The van der Waals surface area contributed by atoms with E-state index in [9.17, 15) is 5.11 Å². The van der Waals surface area contributed by atoms with Gasteiger partial charge in [0.25, 0.3) is 0 Å². The highest BCUT2D eigenvalue weighted by Gasteiger charge is 2.53. The van der Waals surface area contributed by atoms with Crippen LogP contribution in [0.4, 0.5) is 0 Å². The summed E-state index contributed by atoms with van der Waals surface area (Å²) in [6.45, 7) is 6.76. The van der Waals surface area contributed by atoms with Crippen LogP contribution in [0, 0.1) is 22.7 Å². The third-order valence-corrected chi connectivity index (χ3v) is 3.27. The van der Waals surface area contributed by atoms with Gasteiger partial charge in [-0.3, -0.25) is 0 Å². The normalized spacial score (nSPS) is 32.5. The summed E-state index contributed by atoms with van der Waals surface area (Å²) in [5.41, 5.74) is -1.29. The largest absolute Gasteiger partial charge is 0.385 e. The van der Waals surface area contributed by atoms with Gasteiger partial charge < -0.3 is 9.84 Å². The Morgan fingerprint density at radius 3 is 2.50 bits per heavy atom. The van der Waals surface area contributed by atoms with Crippen LogP contribution < -0.4 is 0 Å². The van der Waals surface area contributed by atoms with Crippen molar-refractivity contribution in [2.24, 2.45) is 11.3 Å². The van der Waals surface area contributed by atoms with E-state index in [0.717, 1.165) is 12.8 Å². The first kappa shape index (κ1) is 11.5. The molecule has 0 aromatic rings. The van der Waals surface area contributed by atoms with E-state index < -0.39 is 5.60 Å². The number of hydrogen-bond acceptors (Lipinski definition) is 3. The fourth-order valence-electron chi connectivity index (χ4n) is 2.05. The van der Waals surface area contributed by atoms with E-state index in [1.54, 1.807) is 0 Å². The van der Waals surface area contributed by atoms with Crippen molar-refractivity contribution < 1.29 is 9.84 Å². The highest BCUT2D eigenvalue weighted by Crippen LogP contribution is 2.43. The molecule has 80 valence electrons. The molecule has 1 rings (SSSR count). The third-order valence-electron chi connectivity index (χ3n) is 3.27. The van der Waals surface area contributed by atoms with E-state index in [4.69, 9.17) is 10.00 Å². The molecule has 2 atom stereocenters. The molecule has 14 heavy (non-hydrogen) atoms. The summed E-state index contributed by atoms with van der Waals surface area (Å²) in [6.07, 6.45) is 1.65. The van der Waals surface area contributed by atoms with Gasteiger partial charge >= 0.3 is 0 Å². The maximum atomic E-state index is 10.5. The topological polar surface area (TPSA) is 53.2 Å². The summed E-state index contributed by atoms with van der Waals surface area (Å²) < 4.78 is 5.30. The van der Waals surface area contributed by atoms with E-state index in [1.165, 1.54) is 0 Å². The van der Waals surface area contributed by atoms with Gasteiger partial charge in [-0.2, -0.15) is 5.26 Å². The summed E-state index contributed by atoms with van der Waals surface area (Å²) in [5.74, 6) is -0.315. The molecule has 1 aliphatic heterocycles. The number of aliphatic hydroxyl groups is 1. The summed E-state index contributed by atoms with van der Waals surface area (Å²) in [5, 5.41) is 19.5. The van der Waals surface area contributed by atoms with Gasteiger partial charge in [0, 0.05) is 5.41 Å². The number of rotatable bonds is 3. The minimum atomic E-state index is -0.974. The fraction of sp³-hybridized carbons (Fsp3) is 0.909. The third kappa shape index (κ3) is 1.65. The lowest BCUT2D eigenvalue weighted by Gasteiger charge is -2.37. The Labute approximate surface area is 85.7 Å². The van der Waals surface area contributed by atoms with E-state index in [-0.39, 0.29) is 17.9 Å². The van der Waals surface area contributed by atoms with Gasteiger partial charge in [-0.15, -0.1) is 0 Å². The Balaban J connectivity index is 2.87. The minimum Gasteiger partial charge on any atom is -0.385 e. The maximum absolute atomic E-state index is 10.5. The van der Waals surface area contributed by atoms with E-state index in [2.05, 4.69) is 6.07 Å². The van der Waals surface area contributed by atoms with Crippen LogP contribution in [0.15, 0.2) is 0 Å². The van der Waals surface area contributed by atoms with Crippen molar-refractivity contribution in [2.75, 3.05) is 13.2 Å². The summed E-state index contributed by atoms with van der Waals surface area (Å²) in [6, 6.07) is 2.21. The Bertz CT molecular complexity index is 244. The van der Waals surface area contributed by atoms with Gasteiger partial charge in [0.1, 0.15) is 5.60 Å². The van der Waals surface area contributed by atoms with Gasteiger partial charge in [-0.05, 0) is 6.42 Å². The van der Waals surface area contributed by atoms with Gasteiger partial charge in [0.2, 0.25) is 0 Å². The molecule has 0 bridgehead atoms. The number of hydrogen-bond donors (Lipinski definition) is 1. The molecular formula is C11H19NO2. The Morgan fingerprint density at radius 2 is 2.14 bits per heavy atom. The number of ether oxygens (including phenoxy) is 1. The van der Waals surface area contributed by atoms with Gasteiger partial charge in [0.05, 0.1) is 25.2 Å². The quantitative estimate of drug-likeness (QED) is 0.749. The number of nitriles is 1. The molecule has 0 radical (unpaired) electrons. The molecule has 2 unspecified atom stereocenters. The van der Waals surface area contributed by atoms with Crippen molar-refractivity contribution in [1.82, 2.24) is 0 Å². The molecule has 0 spiro atoms. The second-order valence-electron chi connectivity index (χ2n) is 4.77. The zero-order valence-corrected chi connectivity index (χ0v) is 9.21. The SMILES string of the molecule is CCCC(C#N)C1(O)COCC1(C)C. The zero-order valence-electron chi connectivity index (χ0n) is 9.21. The van der Waals surface area contributed by atoms with Crippen LogP contribution in [0.1, 0.15) is 33.6 Å². The summed E-state index contributed by atoms with van der Waals surface area (Å²) in [4.78, 5) is 0. The number of nitrogens with zero attached hydrogens (tertiary/aromatic N) is 1. The molecular weight excluding hydrogens is 178 g/mol. The molecule has 0 aromatic carbocycles. The van der Waals surface area contributed by atoms with E-state index >= 15 is 0 Å². The second kappa shape index (κ2) is 3.88. The standard InChI is InChI=1S/C11H19NO2/c1-4-5-9(6-12)11(13)8-14-7-10(11,2)3/h9,13H,4-5,7-8H2,1-3H3. The van der Waals surface area contributed by atoms with Crippen LogP contribution in [0.5, 0.6) is 0 Å². The van der Waals surface area contributed by atoms with Gasteiger partial charge in [-0.1, -0.05) is 27.2 Å². The molecule has 1 fully saturated rings. The Kier molecular flexibility index (Phi) is 3.18. The maximum Gasteiger partial charge on any atom is 0.111 e. The first-order valence-corrected chi connectivity index (χ1v) is 5.17. The molecule has 0 aliphatic carbocycles. The van der Waals surface area contributed by atoms with Gasteiger partial charge in [-0.25, -0.2) is 0 Å². The van der Waals surface area contributed by atoms with Crippen LogP contribution in [-0.2, 0) is 4.74 Å². The predicted octanol–water partition coefficient (Wildman–Crippen LogP) is 1.71. The lowest BCUT2D eigenvalue weighted by atomic mass is 9.69. The van der Waals surface area contributed by atoms with Crippen molar-refractivity contribution in [3.05, 3.63) is 0 Å². The molecule has 1 saturated heterocycles. The summed E-state index contributed by atoms with van der Waals surface area (Å²) in [7, 11) is 0. The second-order valence-corrected chi connectivity index (χ2v) is 4.77. The van der Waals surface area contributed by atoms with Crippen LogP contribution in [-0.4, -0.2) is 23.9 Å². The average Bonchev–Trinajstić information content (AvgIpc) is 2.38. The Hall–Kier alpha value is -0.590. The van der Waals surface area contributed by atoms with Crippen molar-refractivity contribution in [3.8, 4) is 6.07 Å². The molecule has 0 aromatic heterocycles. The first-order chi connectivity index (χ1) is 6.48. The fourth-order valence-corrected chi connectivity index (χ4v) is 2.05. The highest BCUT2D eigenvalue weighted by molar-refractivity contribution is 5.08. The summed E-state index contributed by atoms with van der Waals surface area (Å²) >= 11 is 0. The average molecular weight is 197 g/mol. The highest BCUT2D eigenvalue weighted by atomic mass is 16.5. The van der Waals surface area contributed by atoms with Crippen LogP contribution in [0.3, 0.4) is 0 Å². The van der Waals surface area contributed by atoms with Crippen molar-refractivity contribution in [3.63, 3.8) is 0 Å². The van der Waals surface area contributed by atoms with Crippen LogP contribution >= 0.6 is 0 Å². The van der Waals surface area contributed by atoms with Crippen LogP contribution in [0.25, 0.3) is 0 Å². The molecule has 1 N–H and O–H groups in total. The first-order valence-electron chi connectivity index (χ1n) is 5.17. The zero-order chi connectivity index (χ0) is 10.8. The molecule has 0 amide bonds. The smallest absolute Gasteiger partial charge is 0.111 e. The van der Waals surface area contributed by atoms with Crippen LogP contribution in [0.2, 0.25) is 0 Å². The van der Waals surface area contributed by atoms with E-state index in [1.807, 2.05) is 20.8 Å². The monoisotopic (exact) mass is 197 g/mol. The molecule has 3 nitrogen and oxygen atoms in total. The van der Waals surface area contributed by atoms with Crippen molar-refractivity contribution in [1.29, 1.82) is 5.26 Å². The lowest BCUT2D eigenvalue weighted by Crippen LogP contribution is -2.49. The molecule has 3 heteroatoms. The van der Waals surface area contributed by atoms with Crippen molar-refractivity contribution >= 4 is 0 Å². The molecule has 0 saturated carbocycles. The van der Waals surface area contributed by atoms with Crippen molar-refractivity contribution in [2.45, 2.75) is 39.2 Å². The lowest BCUT2D eigenvalue weighted by molar-refractivity contribution is -0.0671. The molecule has 1 aliphatic rings. The van der Waals surface area contributed by atoms with E-state index in [0.29, 0.717) is 6.61 Å². The molecule has 1 heterocycles. The minimum absolute atomic E-state index is 0.290. The van der Waals surface area contributed by atoms with Gasteiger partial charge in [0.15, 0.2) is 0 Å².